The van der Waals surface area contributed by atoms with Crippen molar-refractivity contribution < 1.29 is 18.0 Å². The van der Waals surface area contributed by atoms with E-state index in [1.165, 1.54) is 18.2 Å². The van der Waals surface area contributed by atoms with Crippen molar-refractivity contribution >= 4 is 5.91 Å². The summed E-state index contributed by atoms with van der Waals surface area (Å²) >= 11 is 0. The number of hydrogen-bond acceptors (Lipinski definition) is 2. The average Bonchev–Trinajstić information content (AvgIpc) is 3.48. The molecule has 0 radical (unpaired) electrons. The number of aromatic nitrogens is 2. The van der Waals surface area contributed by atoms with Crippen molar-refractivity contribution in [3.63, 3.8) is 0 Å². The summed E-state index contributed by atoms with van der Waals surface area (Å²) in [5, 5.41) is 7.43. The molecular formula is C23H20F3N3O. The second-order valence-corrected chi connectivity index (χ2v) is 7.28. The van der Waals surface area contributed by atoms with Gasteiger partial charge in [-0.3, -0.25) is 9.48 Å². The highest BCUT2D eigenvalue weighted by Crippen LogP contribution is 2.36. The molecule has 30 heavy (non-hydrogen) atoms. The molecular weight excluding hydrogens is 391 g/mol. The van der Waals surface area contributed by atoms with E-state index in [2.05, 4.69) is 17.0 Å². The van der Waals surface area contributed by atoms with Crippen molar-refractivity contribution in [1.82, 2.24) is 15.1 Å². The highest BCUT2D eigenvalue weighted by Gasteiger charge is 2.30. The minimum atomic E-state index is -4.37. The van der Waals surface area contributed by atoms with Gasteiger partial charge in [-0.05, 0) is 59.9 Å². The van der Waals surface area contributed by atoms with E-state index < -0.39 is 11.7 Å². The Labute approximate surface area is 172 Å². The minimum Gasteiger partial charge on any atom is -0.348 e. The van der Waals surface area contributed by atoms with E-state index >= 15 is 0 Å². The minimum absolute atomic E-state index is 0.281. The van der Waals surface area contributed by atoms with Crippen LogP contribution in [0, 0.1) is 0 Å². The molecule has 7 heteroatoms. The van der Waals surface area contributed by atoms with E-state index in [0.29, 0.717) is 18.2 Å². The van der Waals surface area contributed by atoms with Crippen molar-refractivity contribution in [2.24, 2.45) is 0 Å². The molecule has 1 aliphatic carbocycles. The zero-order valence-electron chi connectivity index (χ0n) is 16.1. The number of nitrogens with one attached hydrogen (secondary N) is 1. The number of alkyl halides is 3. The molecule has 0 bridgehead atoms. The highest BCUT2D eigenvalue weighted by molar-refractivity contribution is 5.87. The molecule has 0 unspecified atom stereocenters. The van der Waals surface area contributed by atoms with Crippen LogP contribution in [0.1, 0.15) is 30.0 Å². The quantitative estimate of drug-likeness (QED) is 0.554. The van der Waals surface area contributed by atoms with E-state index in [1.54, 1.807) is 0 Å². The number of rotatable bonds is 6. The smallest absolute Gasteiger partial charge is 0.348 e. The Balaban J connectivity index is 1.70. The highest BCUT2D eigenvalue weighted by atomic mass is 19.4. The number of nitrogens with zero attached hydrogens (tertiary/aromatic N) is 2. The van der Waals surface area contributed by atoms with Gasteiger partial charge in [0, 0.05) is 18.3 Å². The lowest BCUT2D eigenvalue weighted by atomic mass is 9.96. The molecule has 0 spiro atoms. The molecule has 1 aliphatic rings. The first-order valence-corrected chi connectivity index (χ1v) is 9.61. The van der Waals surface area contributed by atoms with Gasteiger partial charge in [-0.1, -0.05) is 30.8 Å². The van der Waals surface area contributed by atoms with Crippen molar-refractivity contribution in [1.29, 1.82) is 0 Å². The monoisotopic (exact) mass is 411 g/mol. The fourth-order valence-corrected chi connectivity index (χ4v) is 3.28. The van der Waals surface area contributed by atoms with Gasteiger partial charge in [-0.25, -0.2) is 0 Å². The summed E-state index contributed by atoms with van der Waals surface area (Å²) in [5.41, 5.74) is 3.22. The molecule has 0 atom stereocenters. The van der Waals surface area contributed by atoms with Crippen LogP contribution in [0.2, 0.25) is 0 Å². The molecule has 0 saturated heterocycles. The molecule has 1 aromatic heterocycles. The predicted octanol–water partition coefficient (Wildman–Crippen LogP) is 5.37. The predicted molar refractivity (Wildman–Crippen MR) is 108 cm³/mol. The number of carbonyl (C=O) groups excluding carboxylic acids is 1. The van der Waals surface area contributed by atoms with Gasteiger partial charge in [0.1, 0.15) is 0 Å². The Morgan fingerprint density at radius 1 is 1.13 bits per heavy atom. The van der Waals surface area contributed by atoms with Crippen LogP contribution in [0.15, 0.2) is 67.4 Å². The van der Waals surface area contributed by atoms with Crippen molar-refractivity contribution in [3.05, 3.63) is 78.5 Å². The van der Waals surface area contributed by atoms with Crippen LogP contribution in [0.4, 0.5) is 13.2 Å². The van der Waals surface area contributed by atoms with Crippen LogP contribution in [0.3, 0.4) is 0 Å². The van der Waals surface area contributed by atoms with Crippen molar-refractivity contribution in [3.8, 4) is 22.4 Å². The largest absolute Gasteiger partial charge is 0.416 e. The lowest BCUT2D eigenvalue weighted by molar-refractivity contribution is -0.137. The Hall–Kier alpha value is -3.35. The SMILES string of the molecule is C=CC(=O)NCc1ccc(-c2ccc(C(F)(F)F)cc2)cc1-c1ccn(C2CC2)n1. The molecule has 1 amide bonds. The summed E-state index contributed by atoms with van der Waals surface area (Å²) in [5.74, 6) is -0.281. The maximum atomic E-state index is 12.9. The topological polar surface area (TPSA) is 46.9 Å². The second-order valence-electron chi connectivity index (χ2n) is 7.28. The normalized spacial score (nSPS) is 13.8. The van der Waals surface area contributed by atoms with Gasteiger partial charge >= 0.3 is 6.18 Å². The molecule has 4 rings (SSSR count). The summed E-state index contributed by atoms with van der Waals surface area (Å²) < 4.78 is 40.5. The van der Waals surface area contributed by atoms with Crippen LogP contribution in [-0.2, 0) is 17.5 Å². The molecule has 3 aromatic rings. The molecule has 154 valence electrons. The van der Waals surface area contributed by atoms with E-state index in [9.17, 15) is 18.0 Å². The Morgan fingerprint density at radius 3 is 2.47 bits per heavy atom. The fourth-order valence-electron chi connectivity index (χ4n) is 3.28. The second kappa shape index (κ2) is 7.82. The molecule has 1 heterocycles. The van der Waals surface area contributed by atoms with Gasteiger partial charge in [0.15, 0.2) is 0 Å². The first kappa shape index (κ1) is 19.9. The van der Waals surface area contributed by atoms with Crippen LogP contribution in [-0.4, -0.2) is 15.7 Å². The molecule has 2 aromatic carbocycles. The Morgan fingerprint density at radius 2 is 1.83 bits per heavy atom. The summed E-state index contributed by atoms with van der Waals surface area (Å²) in [6.45, 7) is 3.75. The first-order valence-electron chi connectivity index (χ1n) is 9.61. The lowest BCUT2D eigenvalue weighted by Gasteiger charge is -2.12. The molecule has 0 aliphatic heterocycles. The third-order valence-corrected chi connectivity index (χ3v) is 5.10. The van der Waals surface area contributed by atoms with Crippen molar-refractivity contribution in [2.45, 2.75) is 31.6 Å². The van der Waals surface area contributed by atoms with Crippen LogP contribution >= 0.6 is 0 Å². The van der Waals surface area contributed by atoms with Gasteiger partial charge in [0.05, 0.1) is 17.3 Å². The third-order valence-electron chi connectivity index (χ3n) is 5.10. The summed E-state index contributed by atoms with van der Waals surface area (Å²) in [6.07, 6.45) is 0.985. The number of halogens is 3. The average molecular weight is 411 g/mol. The van der Waals surface area contributed by atoms with Gasteiger partial charge in [-0.15, -0.1) is 0 Å². The van der Waals surface area contributed by atoms with Crippen LogP contribution < -0.4 is 5.32 Å². The van der Waals surface area contributed by atoms with E-state index in [1.807, 2.05) is 35.1 Å². The molecule has 1 N–H and O–H groups in total. The number of carbonyl (C=O) groups is 1. The maximum absolute atomic E-state index is 12.9. The summed E-state index contributed by atoms with van der Waals surface area (Å²) in [6, 6.07) is 13.0. The van der Waals surface area contributed by atoms with Gasteiger partial charge in [0.25, 0.3) is 0 Å². The van der Waals surface area contributed by atoms with Gasteiger partial charge < -0.3 is 5.32 Å². The van der Waals surface area contributed by atoms with Crippen molar-refractivity contribution in [2.75, 3.05) is 0 Å². The Kier molecular flexibility index (Phi) is 5.20. The number of amides is 1. The molecule has 1 saturated carbocycles. The van der Waals surface area contributed by atoms with E-state index in [4.69, 9.17) is 0 Å². The first-order chi connectivity index (χ1) is 14.3. The van der Waals surface area contributed by atoms with Gasteiger partial charge in [-0.2, -0.15) is 18.3 Å². The van der Waals surface area contributed by atoms with E-state index in [0.717, 1.165) is 47.4 Å². The fraction of sp³-hybridized carbons (Fsp3) is 0.217. The standard InChI is InChI=1S/C23H20F3N3O/c1-2-22(30)27-14-17-4-3-16(15-5-7-18(8-6-15)23(24,25)26)13-20(17)21-11-12-29(28-21)19-9-10-19/h2-8,11-13,19H,1,9-10,14H2,(H,27,30). The number of hydrogen-bond donors (Lipinski definition) is 1. The Bertz CT molecular complexity index is 1080. The maximum Gasteiger partial charge on any atom is 0.416 e. The third kappa shape index (κ3) is 4.30. The van der Waals surface area contributed by atoms with E-state index in [-0.39, 0.29) is 5.91 Å². The molecule has 4 nitrogen and oxygen atoms in total. The lowest BCUT2D eigenvalue weighted by Crippen LogP contribution is -2.20. The van der Waals surface area contributed by atoms with Crippen LogP contribution in [0.5, 0.6) is 0 Å². The zero-order valence-corrected chi connectivity index (χ0v) is 16.1. The van der Waals surface area contributed by atoms with Crippen LogP contribution in [0.25, 0.3) is 22.4 Å². The number of benzene rings is 2. The summed E-state index contributed by atoms with van der Waals surface area (Å²) in [7, 11) is 0. The zero-order chi connectivity index (χ0) is 21.3. The molecule has 1 fully saturated rings. The van der Waals surface area contributed by atoms with Gasteiger partial charge in [0.2, 0.25) is 5.91 Å². The summed E-state index contributed by atoms with van der Waals surface area (Å²) in [4.78, 5) is 11.6.